The summed E-state index contributed by atoms with van der Waals surface area (Å²) >= 11 is 1.26. The van der Waals surface area contributed by atoms with Crippen LogP contribution in [0.25, 0.3) is 10.2 Å². The SMILES string of the molecule is CC(=O)c1cccc(S(=O)(=O)Nc2nc3ccccc3s2)c1. The van der Waals surface area contributed by atoms with Gasteiger partial charge in [0, 0.05) is 5.56 Å². The van der Waals surface area contributed by atoms with Crippen molar-refractivity contribution in [3.8, 4) is 0 Å². The second-order valence-corrected chi connectivity index (χ2v) is 7.39. The Morgan fingerprint density at radius 3 is 2.64 bits per heavy atom. The minimum absolute atomic E-state index is 0.0412. The molecule has 5 nitrogen and oxygen atoms in total. The Labute approximate surface area is 131 Å². The second kappa shape index (κ2) is 5.51. The fraction of sp³-hybridized carbons (Fsp3) is 0.0667. The number of carbonyl (C=O) groups excluding carboxylic acids is 1. The second-order valence-electron chi connectivity index (χ2n) is 4.68. The molecule has 0 aliphatic heterocycles. The molecule has 0 fully saturated rings. The van der Waals surface area contributed by atoms with Crippen LogP contribution in [0.3, 0.4) is 0 Å². The first-order valence-corrected chi connectivity index (χ1v) is 8.75. The van der Waals surface area contributed by atoms with E-state index in [9.17, 15) is 13.2 Å². The van der Waals surface area contributed by atoms with Crippen molar-refractivity contribution in [3.05, 3.63) is 54.1 Å². The third-order valence-electron chi connectivity index (χ3n) is 3.07. The molecule has 1 heterocycles. The number of ketones is 1. The van der Waals surface area contributed by atoms with E-state index in [1.807, 2.05) is 24.3 Å². The van der Waals surface area contributed by atoms with Crippen LogP contribution in [0.15, 0.2) is 53.4 Å². The first kappa shape index (κ1) is 14.7. The summed E-state index contributed by atoms with van der Waals surface area (Å²) in [4.78, 5) is 15.7. The largest absolute Gasteiger partial charge is 0.295 e. The monoisotopic (exact) mass is 332 g/mol. The highest BCUT2D eigenvalue weighted by Crippen LogP contribution is 2.27. The van der Waals surface area contributed by atoms with E-state index in [0.717, 1.165) is 10.2 Å². The molecule has 3 rings (SSSR count). The Kier molecular flexibility index (Phi) is 3.67. The number of sulfonamides is 1. The number of nitrogens with zero attached hydrogens (tertiary/aromatic N) is 1. The van der Waals surface area contributed by atoms with Crippen molar-refractivity contribution in [2.24, 2.45) is 0 Å². The van der Waals surface area contributed by atoms with Gasteiger partial charge in [0.2, 0.25) is 0 Å². The maximum atomic E-state index is 12.4. The topological polar surface area (TPSA) is 76.1 Å². The Morgan fingerprint density at radius 1 is 1.14 bits per heavy atom. The third-order valence-corrected chi connectivity index (χ3v) is 5.48. The summed E-state index contributed by atoms with van der Waals surface area (Å²) in [6.45, 7) is 1.40. The summed E-state index contributed by atoms with van der Waals surface area (Å²) in [6.07, 6.45) is 0. The lowest BCUT2D eigenvalue weighted by Gasteiger charge is -2.06. The molecule has 0 radical (unpaired) electrons. The molecule has 1 aromatic heterocycles. The summed E-state index contributed by atoms with van der Waals surface area (Å²) in [5.41, 5.74) is 1.09. The van der Waals surface area contributed by atoms with Gasteiger partial charge in [-0.2, -0.15) is 0 Å². The number of para-hydroxylation sites is 1. The number of hydrogen-bond acceptors (Lipinski definition) is 5. The fourth-order valence-electron chi connectivity index (χ4n) is 1.97. The van der Waals surface area contributed by atoms with Crippen molar-refractivity contribution in [2.75, 3.05) is 4.72 Å². The van der Waals surface area contributed by atoms with Gasteiger partial charge in [0.05, 0.1) is 15.1 Å². The number of fused-ring (bicyclic) bond motifs is 1. The van der Waals surface area contributed by atoms with Gasteiger partial charge in [0.25, 0.3) is 10.0 Å². The van der Waals surface area contributed by atoms with Crippen molar-refractivity contribution in [3.63, 3.8) is 0 Å². The molecule has 1 N–H and O–H groups in total. The standard InChI is InChI=1S/C15H12N2O3S2/c1-10(18)11-5-4-6-12(9-11)22(19,20)17-15-16-13-7-2-3-8-14(13)21-15/h2-9H,1H3,(H,16,17). The highest BCUT2D eigenvalue weighted by atomic mass is 32.2. The maximum Gasteiger partial charge on any atom is 0.263 e. The van der Waals surface area contributed by atoms with Crippen molar-refractivity contribution in [1.29, 1.82) is 0 Å². The van der Waals surface area contributed by atoms with Gasteiger partial charge in [-0.15, -0.1) is 0 Å². The molecule has 0 aliphatic carbocycles. The molecular weight excluding hydrogens is 320 g/mol. The van der Waals surface area contributed by atoms with Crippen LogP contribution in [0.5, 0.6) is 0 Å². The lowest BCUT2D eigenvalue weighted by atomic mass is 10.2. The van der Waals surface area contributed by atoms with Gasteiger partial charge in [-0.1, -0.05) is 35.6 Å². The summed E-state index contributed by atoms with van der Waals surface area (Å²) in [7, 11) is -3.77. The smallest absolute Gasteiger partial charge is 0.263 e. The highest BCUT2D eigenvalue weighted by molar-refractivity contribution is 7.93. The molecule has 0 unspecified atom stereocenters. The summed E-state index contributed by atoms with van der Waals surface area (Å²) in [5.74, 6) is -0.183. The zero-order valence-corrected chi connectivity index (χ0v) is 13.2. The van der Waals surface area contributed by atoms with Gasteiger partial charge in [-0.05, 0) is 31.2 Å². The number of hydrogen-bond donors (Lipinski definition) is 1. The summed E-state index contributed by atoms with van der Waals surface area (Å²) < 4.78 is 28.2. The minimum Gasteiger partial charge on any atom is -0.295 e. The zero-order valence-electron chi connectivity index (χ0n) is 11.6. The number of carbonyl (C=O) groups is 1. The van der Waals surface area contributed by atoms with E-state index in [1.54, 1.807) is 12.1 Å². The maximum absolute atomic E-state index is 12.4. The number of rotatable bonds is 4. The molecule has 22 heavy (non-hydrogen) atoms. The molecule has 2 aromatic carbocycles. The lowest BCUT2D eigenvalue weighted by molar-refractivity contribution is 0.101. The van der Waals surface area contributed by atoms with E-state index in [0.29, 0.717) is 10.7 Å². The van der Waals surface area contributed by atoms with Crippen LogP contribution in [-0.4, -0.2) is 19.2 Å². The van der Waals surface area contributed by atoms with Crippen molar-refractivity contribution in [1.82, 2.24) is 4.98 Å². The van der Waals surface area contributed by atoms with Gasteiger partial charge in [0.15, 0.2) is 10.9 Å². The van der Waals surface area contributed by atoms with E-state index in [1.165, 1.54) is 30.4 Å². The van der Waals surface area contributed by atoms with Crippen LogP contribution >= 0.6 is 11.3 Å². The first-order chi connectivity index (χ1) is 10.5. The Balaban J connectivity index is 1.96. The van der Waals surface area contributed by atoms with Crippen molar-refractivity contribution >= 4 is 42.5 Å². The van der Waals surface area contributed by atoms with Gasteiger partial charge >= 0.3 is 0 Å². The van der Waals surface area contributed by atoms with Crippen LogP contribution in [0.2, 0.25) is 0 Å². The minimum atomic E-state index is -3.77. The Bertz CT molecular complexity index is 929. The number of aromatic nitrogens is 1. The van der Waals surface area contributed by atoms with Gasteiger partial charge < -0.3 is 0 Å². The molecule has 0 saturated heterocycles. The number of nitrogens with one attached hydrogen (secondary N) is 1. The molecule has 3 aromatic rings. The summed E-state index contributed by atoms with van der Waals surface area (Å²) in [6, 6.07) is 13.3. The first-order valence-electron chi connectivity index (χ1n) is 6.45. The molecule has 0 aliphatic rings. The summed E-state index contributed by atoms with van der Waals surface area (Å²) in [5, 5.41) is 0.300. The Morgan fingerprint density at radius 2 is 1.91 bits per heavy atom. The van der Waals surface area contributed by atoms with Gasteiger partial charge in [-0.25, -0.2) is 13.4 Å². The number of Topliss-reactive ketones (excluding diaryl/α,β-unsaturated/α-hetero) is 1. The van der Waals surface area contributed by atoms with Crippen LogP contribution in [0.1, 0.15) is 17.3 Å². The number of thiazole rings is 1. The highest BCUT2D eigenvalue weighted by Gasteiger charge is 2.17. The average molecular weight is 332 g/mol. The molecule has 0 amide bonds. The van der Waals surface area contributed by atoms with E-state index >= 15 is 0 Å². The molecule has 0 spiro atoms. The predicted octanol–water partition coefficient (Wildman–Crippen LogP) is 3.30. The molecular formula is C15H12N2O3S2. The van der Waals surface area contributed by atoms with Crippen molar-refractivity contribution < 1.29 is 13.2 Å². The van der Waals surface area contributed by atoms with Crippen molar-refractivity contribution in [2.45, 2.75) is 11.8 Å². The molecule has 0 atom stereocenters. The molecule has 7 heteroatoms. The fourth-order valence-corrected chi connectivity index (χ4v) is 4.12. The van der Waals surface area contributed by atoms with Gasteiger partial charge in [-0.3, -0.25) is 9.52 Å². The van der Waals surface area contributed by atoms with Crippen LogP contribution in [0.4, 0.5) is 5.13 Å². The number of anilines is 1. The van der Waals surface area contributed by atoms with Crippen LogP contribution in [0, 0.1) is 0 Å². The number of benzene rings is 2. The normalized spacial score (nSPS) is 11.5. The lowest BCUT2D eigenvalue weighted by Crippen LogP contribution is -2.13. The zero-order chi connectivity index (χ0) is 15.7. The van der Waals surface area contributed by atoms with Gasteiger partial charge in [0.1, 0.15) is 0 Å². The average Bonchev–Trinajstić information content (AvgIpc) is 2.88. The van der Waals surface area contributed by atoms with E-state index in [2.05, 4.69) is 9.71 Å². The van der Waals surface area contributed by atoms with E-state index in [-0.39, 0.29) is 10.7 Å². The third kappa shape index (κ3) is 2.86. The van der Waals surface area contributed by atoms with Crippen LogP contribution in [-0.2, 0) is 10.0 Å². The van der Waals surface area contributed by atoms with Crippen LogP contribution < -0.4 is 4.72 Å². The quantitative estimate of drug-likeness (QED) is 0.744. The molecule has 0 saturated carbocycles. The molecule has 0 bridgehead atoms. The predicted molar refractivity (Wildman–Crippen MR) is 86.9 cm³/mol. The Hall–Kier alpha value is -2.25. The molecule has 112 valence electrons. The van der Waals surface area contributed by atoms with E-state index in [4.69, 9.17) is 0 Å². The van der Waals surface area contributed by atoms with E-state index < -0.39 is 10.0 Å².